The van der Waals surface area contributed by atoms with E-state index >= 15 is 0 Å². The molecule has 3 aromatic rings. The Labute approximate surface area is 168 Å². The molecule has 0 aliphatic rings. The molecule has 0 bridgehead atoms. The second-order valence-corrected chi connectivity index (χ2v) is 7.07. The zero-order valence-electron chi connectivity index (χ0n) is 16.4. The van der Waals surface area contributed by atoms with Gasteiger partial charge in [0, 0.05) is 24.9 Å². The molecule has 0 aliphatic carbocycles. The van der Waals surface area contributed by atoms with Gasteiger partial charge in [0.1, 0.15) is 0 Å². The van der Waals surface area contributed by atoms with Gasteiger partial charge < -0.3 is 14.9 Å². The van der Waals surface area contributed by atoms with Crippen molar-refractivity contribution in [1.29, 1.82) is 0 Å². The molecule has 0 atom stereocenters. The number of carboxylic acid groups (broad SMARTS) is 1. The number of benzene rings is 2. The van der Waals surface area contributed by atoms with Crippen LogP contribution in [-0.2, 0) is 17.8 Å². The van der Waals surface area contributed by atoms with Crippen molar-refractivity contribution in [2.45, 2.75) is 39.2 Å². The smallest absolute Gasteiger partial charge is 0.335 e. The summed E-state index contributed by atoms with van der Waals surface area (Å²) >= 11 is 0. The number of nitrogens with zero attached hydrogens (tertiary/aromatic N) is 2. The molecule has 2 N–H and O–H groups in total. The molecule has 3 rings (SSSR count). The van der Waals surface area contributed by atoms with Crippen molar-refractivity contribution in [3.63, 3.8) is 0 Å². The normalized spacial score (nSPS) is 10.9. The first kappa shape index (κ1) is 20.3. The van der Waals surface area contributed by atoms with Gasteiger partial charge in [0.15, 0.2) is 0 Å². The summed E-state index contributed by atoms with van der Waals surface area (Å²) in [4.78, 5) is 27.2. The van der Waals surface area contributed by atoms with Gasteiger partial charge in [-0.1, -0.05) is 55.4 Å². The van der Waals surface area contributed by atoms with Crippen molar-refractivity contribution in [1.82, 2.24) is 15.5 Å². The van der Waals surface area contributed by atoms with Gasteiger partial charge in [-0.15, -0.1) is 0 Å². The Kier molecular flexibility index (Phi) is 6.39. The van der Waals surface area contributed by atoms with Crippen LogP contribution in [0.25, 0.3) is 11.4 Å². The maximum atomic E-state index is 12.0. The van der Waals surface area contributed by atoms with Gasteiger partial charge in [0.25, 0.3) is 0 Å². The highest BCUT2D eigenvalue weighted by Gasteiger charge is 2.11. The fraction of sp³-hybridized carbons (Fsp3) is 0.273. The number of carbonyl (C=O) groups is 2. The van der Waals surface area contributed by atoms with E-state index in [1.807, 2.05) is 24.3 Å². The highest BCUT2D eigenvalue weighted by atomic mass is 16.5. The number of rotatable bonds is 8. The van der Waals surface area contributed by atoms with Crippen LogP contribution in [0, 0.1) is 0 Å². The van der Waals surface area contributed by atoms with E-state index in [1.165, 1.54) is 17.7 Å². The van der Waals surface area contributed by atoms with Gasteiger partial charge in [-0.25, -0.2) is 4.79 Å². The molecule has 0 fully saturated rings. The van der Waals surface area contributed by atoms with Crippen molar-refractivity contribution < 1.29 is 19.2 Å². The molecule has 7 nitrogen and oxygen atoms in total. The van der Waals surface area contributed by atoms with Crippen LogP contribution in [-0.4, -0.2) is 27.1 Å². The number of carbonyl (C=O) groups excluding carboxylic acids is 1. The quantitative estimate of drug-likeness (QED) is 0.603. The number of hydrogen-bond donors (Lipinski definition) is 2. The first-order chi connectivity index (χ1) is 13.9. The summed E-state index contributed by atoms with van der Waals surface area (Å²) in [6.45, 7) is 4.60. The Morgan fingerprint density at radius 3 is 2.38 bits per heavy atom. The summed E-state index contributed by atoms with van der Waals surface area (Å²) < 4.78 is 5.25. The lowest BCUT2D eigenvalue weighted by atomic mass is 10.0. The van der Waals surface area contributed by atoms with Crippen molar-refractivity contribution in [2.75, 3.05) is 0 Å². The lowest BCUT2D eigenvalue weighted by Gasteiger charge is -2.05. The second kappa shape index (κ2) is 9.14. The van der Waals surface area contributed by atoms with E-state index in [0.717, 1.165) is 11.1 Å². The van der Waals surface area contributed by atoms with Crippen LogP contribution in [0.15, 0.2) is 53.1 Å². The predicted molar refractivity (Wildman–Crippen MR) is 107 cm³/mol. The summed E-state index contributed by atoms with van der Waals surface area (Å²) in [5.74, 6) is 0.255. The molecule has 0 aliphatic heterocycles. The van der Waals surface area contributed by atoms with Crippen LogP contribution >= 0.6 is 0 Å². The van der Waals surface area contributed by atoms with Crippen molar-refractivity contribution in [2.24, 2.45) is 0 Å². The largest absolute Gasteiger partial charge is 0.478 e. The average molecular weight is 393 g/mol. The average Bonchev–Trinajstić information content (AvgIpc) is 3.20. The van der Waals surface area contributed by atoms with E-state index in [2.05, 4.69) is 29.3 Å². The van der Waals surface area contributed by atoms with Crippen molar-refractivity contribution in [3.8, 4) is 11.4 Å². The molecule has 0 radical (unpaired) electrons. The van der Waals surface area contributed by atoms with Gasteiger partial charge in [0.05, 0.1) is 5.56 Å². The summed E-state index contributed by atoms with van der Waals surface area (Å²) in [6, 6.07) is 14.4. The van der Waals surface area contributed by atoms with Gasteiger partial charge >= 0.3 is 5.97 Å². The standard InChI is InChI=1S/C22H23N3O4/c1-14(2)16-7-9-17(10-8-16)21-24-20(29-25-21)12-11-19(26)23-13-15-3-5-18(6-4-15)22(27)28/h3-10,14H,11-13H2,1-2H3,(H,23,26)(H,27,28). The molecule has 1 aromatic heterocycles. The Morgan fingerprint density at radius 1 is 1.07 bits per heavy atom. The minimum absolute atomic E-state index is 0.145. The second-order valence-electron chi connectivity index (χ2n) is 7.07. The van der Waals surface area contributed by atoms with Crippen LogP contribution < -0.4 is 5.32 Å². The Morgan fingerprint density at radius 2 is 1.76 bits per heavy atom. The molecule has 0 unspecified atom stereocenters. The Bertz CT molecular complexity index is 976. The molecule has 0 spiro atoms. The molecular weight excluding hydrogens is 370 g/mol. The fourth-order valence-electron chi connectivity index (χ4n) is 2.77. The number of amides is 1. The first-order valence-electron chi connectivity index (χ1n) is 9.44. The number of aromatic nitrogens is 2. The fourth-order valence-corrected chi connectivity index (χ4v) is 2.77. The summed E-state index contributed by atoms with van der Waals surface area (Å²) in [5.41, 5.74) is 3.16. The SMILES string of the molecule is CC(C)c1ccc(-c2noc(CCC(=O)NCc3ccc(C(=O)O)cc3)n2)cc1. The number of aryl methyl sites for hydroxylation is 1. The summed E-state index contributed by atoms with van der Waals surface area (Å²) in [5, 5.41) is 15.7. The van der Waals surface area contributed by atoms with E-state index in [1.54, 1.807) is 12.1 Å². The van der Waals surface area contributed by atoms with Crippen LogP contribution in [0.3, 0.4) is 0 Å². The van der Waals surface area contributed by atoms with E-state index in [-0.39, 0.29) is 17.9 Å². The maximum Gasteiger partial charge on any atom is 0.335 e. The zero-order valence-corrected chi connectivity index (χ0v) is 16.4. The van der Waals surface area contributed by atoms with E-state index < -0.39 is 5.97 Å². The van der Waals surface area contributed by atoms with Crippen molar-refractivity contribution >= 4 is 11.9 Å². The molecule has 0 saturated carbocycles. The van der Waals surface area contributed by atoms with Crippen LogP contribution in [0.1, 0.15) is 53.6 Å². The first-order valence-corrected chi connectivity index (χ1v) is 9.44. The number of hydrogen-bond acceptors (Lipinski definition) is 5. The summed E-state index contributed by atoms with van der Waals surface area (Å²) in [6.07, 6.45) is 0.571. The third-order valence-electron chi connectivity index (χ3n) is 4.56. The van der Waals surface area contributed by atoms with E-state index in [0.29, 0.717) is 30.6 Å². The molecule has 1 heterocycles. The highest BCUT2D eigenvalue weighted by Crippen LogP contribution is 2.20. The van der Waals surface area contributed by atoms with Crippen LogP contribution in [0.2, 0.25) is 0 Å². The Hall–Kier alpha value is -3.48. The van der Waals surface area contributed by atoms with Crippen molar-refractivity contribution in [3.05, 3.63) is 71.1 Å². The van der Waals surface area contributed by atoms with E-state index in [9.17, 15) is 9.59 Å². The van der Waals surface area contributed by atoms with Gasteiger partial charge in [-0.05, 0) is 29.2 Å². The molecular formula is C22H23N3O4. The third kappa shape index (κ3) is 5.51. The molecule has 0 saturated heterocycles. The molecule has 29 heavy (non-hydrogen) atoms. The lowest BCUT2D eigenvalue weighted by Crippen LogP contribution is -2.23. The number of aromatic carboxylic acids is 1. The Balaban J connectivity index is 1.48. The minimum atomic E-state index is -0.977. The lowest BCUT2D eigenvalue weighted by molar-refractivity contribution is -0.121. The molecule has 2 aromatic carbocycles. The minimum Gasteiger partial charge on any atom is -0.478 e. The maximum absolute atomic E-state index is 12.0. The van der Waals surface area contributed by atoms with Gasteiger partial charge in [-0.3, -0.25) is 4.79 Å². The van der Waals surface area contributed by atoms with Crippen LogP contribution in [0.5, 0.6) is 0 Å². The zero-order chi connectivity index (χ0) is 20.8. The van der Waals surface area contributed by atoms with E-state index in [4.69, 9.17) is 9.63 Å². The van der Waals surface area contributed by atoms with Crippen LogP contribution in [0.4, 0.5) is 0 Å². The van der Waals surface area contributed by atoms with Gasteiger partial charge in [0.2, 0.25) is 17.6 Å². The molecule has 7 heteroatoms. The topological polar surface area (TPSA) is 105 Å². The number of carboxylic acids is 1. The predicted octanol–water partition coefficient (Wildman–Crippen LogP) is 3.81. The van der Waals surface area contributed by atoms with Gasteiger partial charge in [-0.2, -0.15) is 4.98 Å². The third-order valence-corrected chi connectivity index (χ3v) is 4.56. The number of nitrogens with one attached hydrogen (secondary N) is 1. The molecule has 1 amide bonds. The highest BCUT2D eigenvalue weighted by molar-refractivity contribution is 5.87. The monoisotopic (exact) mass is 393 g/mol. The summed E-state index contributed by atoms with van der Waals surface area (Å²) in [7, 11) is 0. The molecule has 150 valence electrons.